The molecule has 1 saturated heterocycles. The number of carbonyl (C=O) groups excluding carboxylic acids is 1. The molecule has 152 valence electrons. The molecule has 5 fully saturated rings. The molecule has 1 heterocycles. The Morgan fingerprint density at radius 2 is 1.54 bits per heavy atom. The van der Waals surface area contributed by atoms with Crippen molar-refractivity contribution in [3.05, 3.63) is 29.8 Å². The van der Waals surface area contributed by atoms with Crippen LogP contribution in [-0.4, -0.2) is 50.2 Å². The molecular weight excluding hydrogens is 348 g/mol. The third kappa shape index (κ3) is 3.56. The van der Waals surface area contributed by atoms with E-state index < -0.39 is 0 Å². The van der Waals surface area contributed by atoms with Gasteiger partial charge in [-0.15, -0.1) is 0 Å². The van der Waals surface area contributed by atoms with E-state index in [1.54, 1.807) is 0 Å². The largest absolute Gasteiger partial charge is 0.462 e. The number of anilines is 1. The second-order valence-corrected chi connectivity index (χ2v) is 9.95. The van der Waals surface area contributed by atoms with Gasteiger partial charge in [-0.1, -0.05) is 0 Å². The zero-order valence-corrected chi connectivity index (χ0v) is 17.2. The number of hydrogen-bond acceptors (Lipinski definition) is 4. The lowest BCUT2D eigenvalue weighted by Crippen LogP contribution is -2.55. The zero-order valence-electron chi connectivity index (χ0n) is 17.2. The van der Waals surface area contributed by atoms with E-state index in [2.05, 4.69) is 21.9 Å². The van der Waals surface area contributed by atoms with E-state index in [-0.39, 0.29) is 5.97 Å². The van der Waals surface area contributed by atoms with Gasteiger partial charge in [-0.2, -0.15) is 0 Å². The molecule has 4 saturated carbocycles. The van der Waals surface area contributed by atoms with Gasteiger partial charge in [-0.3, -0.25) is 4.90 Å². The maximum absolute atomic E-state index is 11.8. The molecule has 1 aromatic carbocycles. The van der Waals surface area contributed by atoms with Gasteiger partial charge in [0, 0.05) is 38.4 Å². The first-order chi connectivity index (χ1) is 13.6. The number of nitrogens with zero attached hydrogens (tertiary/aromatic N) is 2. The summed E-state index contributed by atoms with van der Waals surface area (Å²) < 4.78 is 5.08. The predicted molar refractivity (Wildman–Crippen MR) is 112 cm³/mol. The predicted octanol–water partition coefficient (Wildman–Crippen LogP) is 4.20. The van der Waals surface area contributed by atoms with E-state index in [0.29, 0.717) is 17.6 Å². The van der Waals surface area contributed by atoms with Crippen LogP contribution in [0.4, 0.5) is 5.69 Å². The maximum atomic E-state index is 11.8. The van der Waals surface area contributed by atoms with Crippen LogP contribution < -0.4 is 4.90 Å². The Labute approximate surface area is 169 Å². The van der Waals surface area contributed by atoms with Gasteiger partial charge >= 0.3 is 5.97 Å². The highest BCUT2D eigenvalue weighted by Gasteiger charge is 2.51. The van der Waals surface area contributed by atoms with Gasteiger partial charge in [0.1, 0.15) is 0 Å². The van der Waals surface area contributed by atoms with Crippen molar-refractivity contribution in [1.29, 1.82) is 0 Å². The lowest BCUT2D eigenvalue weighted by molar-refractivity contribution is -0.0695. The molecule has 1 aliphatic heterocycles. The highest BCUT2D eigenvalue weighted by Crippen LogP contribution is 2.60. The molecule has 0 unspecified atom stereocenters. The van der Waals surface area contributed by atoms with Gasteiger partial charge in [-0.05, 0) is 92.9 Å². The summed E-state index contributed by atoms with van der Waals surface area (Å²) in [5, 5.41) is 0. The van der Waals surface area contributed by atoms with Gasteiger partial charge in [0.25, 0.3) is 0 Å². The van der Waals surface area contributed by atoms with Gasteiger partial charge in [0.05, 0.1) is 12.2 Å². The molecule has 0 amide bonds. The number of piperazine rings is 1. The molecular formula is C24H34N2O2. The lowest BCUT2D eigenvalue weighted by Gasteiger charge is -2.58. The Hall–Kier alpha value is -1.55. The molecule has 6 rings (SSSR count). The van der Waals surface area contributed by atoms with Crippen molar-refractivity contribution in [2.45, 2.75) is 45.4 Å². The van der Waals surface area contributed by atoms with E-state index in [1.807, 2.05) is 19.1 Å². The summed E-state index contributed by atoms with van der Waals surface area (Å²) in [5.74, 6) is 2.91. The number of ether oxygens (including phenoxy) is 1. The highest BCUT2D eigenvalue weighted by molar-refractivity contribution is 5.89. The summed E-state index contributed by atoms with van der Waals surface area (Å²) >= 11 is 0. The average Bonchev–Trinajstić information content (AvgIpc) is 2.67. The summed E-state index contributed by atoms with van der Waals surface area (Å²) in [6, 6.07) is 7.94. The van der Waals surface area contributed by atoms with Crippen LogP contribution in [0.1, 0.15) is 55.8 Å². The molecule has 0 atom stereocenters. The molecule has 1 aromatic rings. The standard InChI is InChI=1S/C24H34N2O2/c1-2-28-23(27)21-3-5-22(6-4-21)26-9-7-25(8-10-26)17-24-14-18-11-19(15-24)13-20(12-18)16-24/h3-6,18-20H,2,7-17H2,1H3. The maximum Gasteiger partial charge on any atom is 0.338 e. The minimum absolute atomic E-state index is 0.227. The normalized spacial score (nSPS) is 34.6. The van der Waals surface area contributed by atoms with Crippen molar-refractivity contribution in [2.24, 2.45) is 23.2 Å². The first-order valence-electron chi connectivity index (χ1n) is 11.4. The van der Waals surface area contributed by atoms with Crippen molar-refractivity contribution >= 4 is 11.7 Å². The molecule has 0 aromatic heterocycles. The number of hydrogen-bond donors (Lipinski definition) is 0. The van der Waals surface area contributed by atoms with E-state index in [1.165, 1.54) is 63.8 Å². The van der Waals surface area contributed by atoms with E-state index >= 15 is 0 Å². The number of carbonyl (C=O) groups is 1. The van der Waals surface area contributed by atoms with Crippen LogP contribution in [0, 0.1) is 23.2 Å². The minimum atomic E-state index is -0.227. The van der Waals surface area contributed by atoms with Crippen LogP contribution in [0.5, 0.6) is 0 Å². The van der Waals surface area contributed by atoms with Crippen molar-refractivity contribution in [2.75, 3.05) is 44.2 Å². The van der Waals surface area contributed by atoms with Crippen LogP contribution in [0.25, 0.3) is 0 Å². The summed E-state index contributed by atoms with van der Waals surface area (Å²) in [7, 11) is 0. The molecule has 28 heavy (non-hydrogen) atoms. The second kappa shape index (κ2) is 7.37. The van der Waals surface area contributed by atoms with Gasteiger partial charge in [0.2, 0.25) is 0 Å². The van der Waals surface area contributed by atoms with Crippen molar-refractivity contribution in [1.82, 2.24) is 4.90 Å². The summed E-state index contributed by atoms with van der Waals surface area (Å²) in [6.07, 6.45) is 9.13. The topological polar surface area (TPSA) is 32.8 Å². The Balaban J connectivity index is 1.16. The van der Waals surface area contributed by atoms with Gasteiger partial charge in [-0.25, -0.2) is 4.79 Å². The van der Waals surface area contributed by atoms with Crippen LogP contribution in [0.2, 0.25) is 0 Å². The van der Waals surface area contributed by atoms with E-state index in [4.69, 9.17) is 4.74 Å². The van der Waals surface area contributed by atoms with Crippen LogP contribution >= 0.6 is 0 Å². The number of rotatable bonds is 5. The zero-order chi connectivity index (χ0) is 19.1. The molecule has 0 radical (unpaired) electrons. The Morgan fingerprint density at radius 1 is 0.964 bits per heavy atom. The minimum Gasteiger partial charge on any atom is -0.462 e. The van der Waals surface area contributed by atoms with E-state index in [0.717, 1.165) is 30.8 Å². The Morgan fingerprint density at radius 3 is 2.07 bits per heavy atom. The lowest BCUT2D eigenvalue weighted by atomic mass is 9.49. The number of benzene rings is 1. The number of esters is 1. The molecule has 4 heteroatoms. The van der Waals surface area contributed by atoms with Crippen LogP contribution in [0.15, 0.2) is 24.3 Å². The molecule has 0 N–H and O–H groups in total. The third-order valence-electron chi connectivity index (χ3n) is 7.84. The third-order valence-corrected chi connectivity index (χ3v) is 7.84. The molecule has 4 nitrogen and oxygen atoms in total. The fourth-order valence-corrected chi connectivity index (χ4v) is 7.14. The smallest absolute Gasteiger partial charge is 0.338 e. The van der Waals surface area contributed by atoms with Gasteiger partial charge in [0.15, 0.2) is 0 Å². The molecule has 4 aliphatic carbocycles. The molecule has 0 spiro atoms. The monoisotopic (exact) mass is 382 g/mol. The first-order valence-corrected chi connectivity index (χ1v) is 11.4. The van der Waals surface area contributed by atoms with Crippen molar-refractivity contribution in [3.8, 4) is 0 Å². The van der Waals surface area contributed by atoms with Gasteiger partial charge < -0.3 is 9.64 Å². The first kappa shape index (κ1) is 18.5. The van der Waals surface area contributed by atoms with Crippen molar-refractivity contribution in [3.63, 3.8) is 0 Å². The van der Waals surface area contributed by atoms with Crippen LogP contribution in [-0.2, 0) is 4.74 Å². The summed E-state index contributed by atoms with van der Waals surface area (Å²) in [6.45, 7) is 8.12. The summed E-state index contributed by atoms with van der Waals surface area (Å²) in [5.41, 5.74) is 2.52. The second-order valence-electron chi connectivity index (χ2n) is 9.95. The Kier molecular flexibility index (Phi) is 4.86. The SMILES string of the molecule is CCOC(=O)c1ccc(N2CCN(CC34CC5CC(CC(C5)C3)C4)CC2)cc1. The van der Waals surface area contributed by atoms with E-state index in [9.17, 15) is 4.79 Å². The molecule has 5 aliphatic rings. The quantitative estimate of drug-likeness (QED) is 0.715. The fraction of sp³-hybridized carbons (Fsp3) is 0.708. The Bertz CT molecular complexity index is 671. The fourth-order valence-electron chi connectivity index (χ4n) is 7.14. The van der Waals surface area contributed by atoms with Crippen molar-refractivity contribution < 1.29 is 9.53 Å². The molecule has 4 bridgehead atoms. The highest BCUT2D eigenvalue weighted by atomic mass is 16.5. The average molecular weight is 383 g/mol. The van der Waals surface area contributed by atoms with Crippen LogP contribution in [0.3, 0.4) is 0 Å². The summed E-state index contributed by atoms with van der Waals surface area (Å²) in [4.78, 5) is 17.0.